The Morgan fingerprint density at radius 1 is 1.21 bits per heavy atom. The van der Waals surface area contributed by atoms with Gasteiger partial charge in [0.1, 0.15) is 5.01 Å². The van der Waals surface area contributed by atoms with Crippen molar-refractivity contribution in [1.29, 1.82) is 0 Å². The first-order valence-corrected chi connectivity index (χ1v) is 8.03. The maximum Gasteiger partial charge on any atom is 0.100 e. The van der Waals surface area contributed by atoms with Crippen LogP contribution in [-0.4, -0.2) is 11.0 Å². The SMILES string of the molecule is c1ccc2c(c1)CCC2c1nc(CNC2CC2)cs1. The molecule has 0 radical (unpaired) electrons. The van der Waals surface area contributed by atoms with Crippen LogP contribution in [0.4, 0.5) is 0 Å². The molecule has 1 heterocycles. The van der Waals surface area contributed by atoms with Crippen LogP contribution in [0.5, 0.6) is 0 Å². The summed E-state index contributed by atoms with van der Waals surface area (Å²) in [7, 11) is 0. The Labute approximate surface area is 117 Å². The number of hydrogen-bond acceptors (Lipinski definition) is 3. The zero-order chi connectivity index (χ0) is 12.7. The van der Waals surface area contributed by atoms with Crippen molar-refractivity contribution in [2.24, 2.45) is 0 Å². The van der Waals surface area contributed by atoms with Gasteiger partial charge in [0.15, 0.2) is 0 Å². The fourth-order valence-electron chi connectivity index (χ4n) is 2.91. The van der Waals surface area contributed by atoms with Gasteiger partial charge in [0.2, 0.25) is 0 Å². The van der Waals surface area contributed by atoms with E-state index in [4.69, 9.17) is 4.98 Å². The highest BCUT2D eigenvalue weighted by Crippen LogP contribution is 2.39. The Balaban J connectivity index is 1.53. The monoisotopic (exact) mass is 270 g/mol. The summed E-state index contributed by atoms with van der Waals surface area (Å²) in [4.78, 5) is 4.85. The summed E-state index contributed by atoms with van der Waals surface area (Å²) in [6, 6.07) is 9.60. The largest absolute Gasteiger partial charge is 0.308 e. The number of hydrogen-bond donors (Lipinski definition) is 1. The van der Waals surface area contributed by atoms with Crippen LogP contribution in [0, 0.1) is 0 Å². The standard InChI is InChI=1S/C16H18N2S/c1-2-4-14-11(3-1)5-8-15(14)16-18-13(10-19-16)9-17-12-6-7-12/h1-4,10,12,15,17H,5-9H2. The summed E-state index contributed by atoms with van der Waals surface area (Å²) >= 11 is 1.83. The summed E-state index contributed by atoms with van der Waals surface area (Å²) in [6.45, 7) is 0.940. The first kappa shape index (κ1) is 11.6. The molecule has 0 amide bonds. The third-order valence-corrected chi connectivity index (χ3v) is 5.16. The molecule has 1 unspecified atom stereocenters. The van der Waals surface area contributed by atoms with E-state index in [0.29, 0.717) is 5.92 Å². The summed E-state index contributed by atoms with van der Waals surface area (Å²) in [5.41, 5.74) is 4.23. The summed E-state index contributed by atoms with van der Waals surface area (Å²) in [5.74, 6) is 0.538. The number of nitrogens with zero attached hydrogens (tertiary/aromatic N) is 1. The molecule has 1 fully saturated rings. The Morgan fingerprint density at radius 3 is 3.00 bits per heavy atom. The van der Waals surface area contributed by atoms with E-state index in [0.717, 1.165) is 12.6 Å². The minimum atomic E-state index is 0.538. The van der Waals surface area contributed by atoms with Crippen molar-refractivity contribution in [3.05, 3.63) is 51.5 Å². The van der Waals surface area contributed by atoms with Crippen LogP contribution in [0.25, 0.3) is 0 Å². The van der Waals surface area contributed by atoms with Gasteiger partial charge in [0.25, 0.3) is 0 Å². The summed E-state index contributed by atoms with van der Waals surface area (Å²) in [6.07, 6.45) is 5.11. The van der Waals surface area contributed by atoms with E-state index in [1.165, 1.54) is 47.5 Å². The fraction of sp³-hybridized carbons (Fsp3) is 0.438. The quantitative estimate of drug-likeness (QED) is 0.920. The number of nitrogens with one attached hydrogen (secondary N) is 1. The number of aryl methyl sites for hydroxylation is 1. The van der Waals surface area contributed by atoms with E-state index in [1.807, 2.05) is 11.3 Å². The molecule has 2 aliphatic carbocycles. The van der Waals surface area contributed by atoms with E-state index in [2.05, 4.69) is 35.0 Å². The van der Waals surface area contributed by atoms with Crippen LogP contribution in [0.1, 0.15) is 47.0 Å². The Morgan fingerprint density at radius 2 is 2.11 bits per heavy atom. The average molecular weight is 270 g/mol. The molecule has 1 saturated carbocycles. The van der Waals surface area contributed by atoms with E-state index in [9.17, 15) is 0 Å². The van der Waals surface area contributed by atoms with Gasteiger partial charge in [-0.1, -0.05) is 24.3 Å². The molecular weight excluding hydrogens is 252 g/mol. The van der Waals surface area contributed by atoms with Gasteiger partial charge in [-0.15, -0.1) is 11.3 Å². The summed E-state index contributed by atoms with van der Waals surface area (Å²) in [5, 5.41) is 7.07. The van der Waals surface area contributed by atoms with Crippen molar-refractivity contribution < 1.29 is 0 Å². The third-order valence-electron chi connectivity index (χ3n) is 4.15. The molecule has 98 valence electrons. The smallest absolute Gasteiger partial charge is 0.100 e. The van der Waals surface area contributed by atoms with Crippen molar-refractivity contribution in [1.82, 2.24) is 10.3 Å². The molecule has 1 N–H and O–H groups in total. The fourth-order valence-corrected chi connectivity index (χ4v) is 3.89. The highest BCUT2D eigenvalue weighted by Gasteiger charge is 2.26. The van der Waals surface area contributed by atoms with Crippen molar-refractivity contribution in [3.8, 4) is 0 Å². The van der Waals surface area contributed by atoms with E-state index in [-0.39, 0.29) is 0 Å². The Bertz CT molecular complexity index is 586. The van der Waals surface area contributed by atoms with Crippen LogP contribution < -0.4 is 5.32 Å². The Hall–Kier alpha value is -1.19. The minimum Gasteiger partial charge on any atom is -0.308 e. The maximum atomic E-state index is 4.85. The van der Waals surface area contributed by atoms with Gasteiger partial charge in [-0.3, -0.25) is 0 Å². The molecule has 1 aromatic heterocycles. The number of fused-ring (bicyclic) bond motifs is 1. The number of aromatic nitrogens is 1. The number of rotatable bonds is 4. The van der Waals surface area contributed by atoms with Gasteiger partial charge in [-0.25, -0.2) is 4.98 Å². The van der Waals surface area contributed by atoms with Crippen molar-refractivity contribution >= 4 is 11.3 Å². The van der Waals surface area contributed by atoms with Crippen LogP contribution in [0.2, 0.25) is 0 Å². The van der Waals surface area contributed by atoms with Crippen LogP contribution in [-0.2, 0) is 13.0 Å². The molecule has 1 aromatic carbocycles. The lowest BCUT2D eigenvalue weighted by molar-refractivity contribution is 0.672. The van der Waals surface area contributed by atoms with Crippen molar-refractivity contribution in [3.63, 3.8) is 0 Å². The van der Waals surface area contributed by atoms with Crippen molar-refractivity contribution in [2.45, 2.75) is 44.2 Å². The molecule has 0 bridgehead atoms. The molecule has 0 saturated heterocycles. The topological polar surface area (TPSA) is 24.9 Å². The molecule has 0 aliphatic heterocycles. The van der Waals surface area contributed by atoms with Gasteiger partial charge in [0.05, 0.1) is 5.69 Å². The van der Waals surface area contributed by atoms with E-state index >= 15 is 0 Å². The normalized spacial score (nSPS) is 21.6. The molecular formula is C16H18N2S. The average Bonchev–Trinajstić information content (AvgIpc) is 3.00. The molecule has 2 aromatic rings. The number of thiazole rings is 1. The predicted octanol–water partition coefficient (Wildman–Crippen LogP) is 3.47. The first-order valence-electron chi connectivity index (χ1n) is 7.15. The van der Waals surface area contributed by atoms with Gasteiger partial charge in [0, 0.05) is 23.9 Å². The molecule has 1 atom stereocenters. The summed E-state index contributed by atoms with van der Waals surface area (Å²) < 4.78 is 0. The predicted molar refractivity (Wildman–Crippen MR) is 78.6 cm³/mol. The highest BCUT2D eigenvalue weighted by atomic mass is 32.1. The zero-order valence-electron chi connectivity index (χ0n) is 10.9. The molecule has 0 spiro atoms. The van der Waals surface area contributed by atoms with Gasteiger partial charge in [-0.05, 0) is 36.8 Å². The maximum absolute atomic E-state index is 4.85. The molecule has 3 heteroatoms. The first-order chi connectivity index (χ1) is 9.40. The van der Waals surface area contributed by atoms with Crippen LogP contribution >= 0.6 is 11.3 Å². The second-order valence-electron chi connectivity index (χ2n) is 5.62. The third kappa shape index (κ3) is 2.33. The lowest BCUT2D eigenvalue weighted by Crippen LogP contribution is -2.15. The van der Waals surface area contributed by atoms with Crippen LogP contribution in [0.15, 0.2) is 29.6 Å². The second-order valence-corrected chi connectivity index (χ2v) is 6.51. The van der Waals surface area contributed by atoms with Gasteiger partial charge >= 0.3 is 0 Å². The Kier molecular flexibility index (Phi) is 2.89. The molecule has 2 nitrogen and oxygen atoms in total. The second kappa shape index (κ2) is 4.73. The van der Waals surface area contributed by atoms with Gasteiger partial charge in [-0.2, -0.15) is 0 Å². The highest BCUT2D eigenvalue weighted by molar-refractivity contribution is 7.09. The molecule has 2 aliphatic rings. The number of benzene rings is 1. The van der Waals surface area contributed by atoms with E-state index in [1.54, 1.807) is 0 Å². The van der Waals surface area contributed by atoms with E-state index < -0.39 is 0 Å². The molecule has 19 heavy (non-hydrogen) atoms. The minimum absolute atomic E-state index is 0.538. The van der Waals surface area contributed by atoms with Gasteiger partial charge < -0.3 is 5.32 Å². The zero-order valence-corrected chi connectivity index (χ0v) is 11.7. The molecule has 4 rings (SSSR count). The van der Waals surface area contributed by atoms with Crippen molar-refractivity contribution in [2.75, 3.05) is 0 Å². The lowest BCUT2D eigenvalue weighted by Gasteiger charge is -2.07. The van der Waals surface area contributed by atoms with Crippen LogP contribution in [0.3, 0.4) is 0 Å². The lowest BCUT2D eigenvalue weighted by atomic mass is 10.0.